The molecule has 2 atom stereocenters. The molecule has 1 fully saturated rings. The van der Waals surface area contributed by atoms with Crippen LogP contribution in [-0.2, 0) is 16.1 Å². The minimum absolute atomic E-state index is 0.0651. The Morgan fingerprint density at radius 2 is 1.79 bits per heavy atom. The van der Waals surface area contributed by atoms with Crippen molar-refractivity contribution >= 4 is 29.3 Å². The topological polar surface area (TPSA) is 116 Å². The fourth-order valence-corrected chi connectivity index (χ4v) is 3.47. The van der Waals surface area contributed by atoms with E-state index in [1.807, 2.05) is 30.3 Å². The summed E-state index contributed by atoms with van der Waals surface area (Å²) < 4.78 is 15.5. The first-order valence-corrected chi connectivity index (χ1v) is 8.85. The first-order chi connectivity index (χ1) is 13.8. The molecular formula is C20H16FN3O5. The van der Waals surface area contributed by atoms with Crippen LogP contribution >= 0.6 is 0 Å². The molecule has 2 aliphatic heterocycles. The number of rotatable bonds is 4. The normalized spacial score (nSPS) is 23.8. The van der Waals surface area contributed by atoms with Crippen molar-refractivity contribution in [3.63, 3.8) is 0 Å². The molecular weight excluding hydrogens is 381 g/mol. The molecule has 3 N–H and O–H groups in total. The maximum absolute atomic E-state index is 15.5. The Balaban J connectivity index is 1.67. The van der Waals surface area contributed by atoms with E-state index in [-0.39, 0.29) is 16.0 Å². The number of benzene rings is 2. The summed E-state index contributed by atoms with van der Waals surface area (Å²) in [5.41, 5.74) is 1.10. The van der Waals surface area contributed by atoms with Gasteiger partial charge in [-0.05, 0) is 17.7 Å². The van der Waals surface area contributed by atoms with Crippen LogP contribution in [0.25, 0.3) is 0 Å². The van der Waals surface area contributed by atoms with Gasteiger partial charge in [-0.2, -0.15) is 0 Å². The zero-order valence-electron chi connectivity index (χ0n) is 15.0. The zero-order valence-corrected chi connectivity index (χ0v) is 15.0. The van der Waals surface area contributed by atoms with E-state index in [0.29, 0.717) is 12.2 Å². The van der Waals surface area contributed by atoms with Crippen molar-refractivity contribution in [1.82, 2.24) is 10.2 Å². The van der Waals surface area contributed by atoms with Gasteiger partial charge < -0.3 is 10.4 Å². The molecule has 2 heterocycles. The number of hydrogen-bond donors (Lipinski definition) is 3. The number of aliphatic hydroxyl groups excluding tert-OH is 1. The summed E-state index contributed by atoms with van der Waals surface area (Å²) >= 11 is 0. The molecule has 0 saturated carbocycles. The van der Waals surface area contributed by atoms with E-state index in [1.54, 1.807) is 11.4 Å². The number of nitrogens with one attached hydrogen (secondary N) is 2. The summed E-state index contributed by atoms with van der Waals surface area (Å²) in [6.07, 6.45) is -2.88. The number of alkyl halides is 1. The van der Waals surface area contributed by atoms with Gasteiger partial charge in [-0.3, -0.25) is 24.5 Å². The Morgan fingerprint density at radius 1 is 1.07 bits per heavy atom. The van der Waals surface area contributed by atoms with Crippen molar-refractivity contribution < 1.29 is 28.7 Å². The van der Waals surface area contributed by atoms with Gasteiger partial charge in [0.25, 0.3) is 29.4 Å². The Labute approximate surface area is 164 Å². The van der Waals surface area contributed by atoms with E-state index in [2.05, 4.69) is 5.32 Å². The Morgan fingerprint density at radius 3 is 2.52 bits per heavy atom. The highest BCUT2D eigenvalue weighted by atomic mass is 19.1. The van der Waals surface area contributed by atoms with Crippen molar-refractivity contribution in [2.75, 3.05) is 5.32 Å². The summed E-state index contributed by atoms with van der Waals surface area (Å²) in [5.74, 6) is -7.73. The van der Waals surface area contributed by atoms with Gasteiger partial charge in [0.2, 0.25) is 0 Å². The van der Waals surface area contributed by atoms with Crippen LogP contribution in [0.15, 0.2) is 48.5 Å². The van der Waals surface area contributed by atoms with E-state index < -0.39 is 41.9 Å². The van der Waals surface area contributed by atoms with Crippen molar-refractivity contribution in [2.24, 2.45) is 0 Å². The average molecular weight is 397 g/mol. The lowest BCUT2D eigenvalue weighted by Crippen LogP contribution is -2.65. The smallest absolute Gasteiger partial charge is 0.286 e. The van der Waals surface area contributed by atoms with E-state index in [1.165, 1.54) is 12.1 Å². The number of carbonyl (C=O) groups excluding carboxylic acids is 4. The fourth-order valence-electron chi connectivity index (χ4n) is 3.47. The van der Waals surface area contributed by atoms with Crippen LogP contribution in [0.3, 0.4) is 0 Å². The number of imide groups is 2. The molecule has 0 aromatic heterocycles. The van der Waals surface area contributed by atoms with Crippen LogP contribution in [0, 0.1) is 0 Å². The van der Waals surface area contributed by atoms with Crippen molar-refractivity contribution in [1.29, 1.82) is 0 Å². The average Bonchev–Trinajstić information content (AvgIpc) is 2.97. The van der Waals surface area contributed by atoms with Gasteiger partial charge in [-0.15, -0.1) is 0 Å². The summed E-state index contributed by atoms with van der Waals surface area (Å²) in [6.45, 7) is 0.354. The molecule has 0 aliphatic carbocycles. The highest BCUT2D eigenvalue weighted by molar-refractivity contribution is 6.26. The number of carbonyl (C=O) groups is 4. The van der Waals surface area contributed by atoms with Crippen LogP contribution in [0.4, 0.5) is 10.1 Å². The number of aliphatic hydroxyl groups is 1. The Bertz CT molecular complexity index is 1040. The minimum atomic E-state index is -3.17. The molecule has 0 radical (unpaired) electrons. The molecule has 2 unspecified atom stereocenters. The molecule has 4 amide bonds. The van der Waals surface area contributed by atoms with Crippen LogP contribution in [0.2, 0.25) is 0 Å². The lowest BCUT2D eigenvalue weighted by atomic mass is 9.99. The predicted molar refractivity (Wildman–Crippen MR) is 98.3 cm³/mol. The van der Waals surface area contributed by atoms with Gasteiger partial charge in [0.05, 0.1) is 11.1 Å². The minimum Gasteiger partial charge on any atom is -0.383 e. The Hall–Kier alpha value is -3.59. The molecule has 2 aromatic carbocycles. The van der Waals surface area contributed by atoms with Crippen LogP contribution < -0.4 is 10.6 Å². The third-order valence-electron chi connectivity index (χ3n) is 4.95. The fraction of sp³-hybridized carbons (Fsp3) is 0.200. The molecule has 2 aliphatic rings. The van der Waals surface area contributed by atoms with E-state index in [0.717, 1.165) is 5.56 Å². The molecule has 1 saturated heterocycles. The van der Waals surface area contributed by atoms with Crippen LogP contribution in [0.5, 0.6) is 0 Å². The number of halogens is 1. The molecule has 4 rings (SSSR count). The third kappa shape index (κ3) is 2.95. The number of fused-ring (bicyclic) bond motifs is 1. The third-order valence-corrected chi connectivity index (χ3v) is 4.95. The largest absolute Gasteiger partial charge is 0.383 e. The second kappa shape index (κ2) is 6.78. The lowest BCUT2D eigenvalue weighted by Gasteiger charge is -2.35. The van der Waals surface area contributed by atoms with Gasteiger partial charge in [0.1, 0.15) is 6.10 Å². The van der Waals surface area contributed by atoms with Gasteiger partial charge in [-0.1, -0.05) is 36.4 Å². The summed E-state index contributed by atoms with van der Waals surface area (Å²) in [4.78, 5) is 49.4. The van der Waals surface area contributed by atoms with Crippen molar-refractivity contribution in [3.05, 3.63) is 65.2 Å². The number of nitrogens with zero attached hydrogens (tertiary/aromatic N) is 1. The van der Waals surface area contributed by atoms with E-state index in [4.69, 9.17) is 0 Å². The molecule has 29 heavy (non-hydrogen) atoms. The second-order valence-electron chi connectivity index (χ2n) is 6.81. The molecule has 148 valence electrons. The number of piperidine rings is 1. The quantitative estimate of drug-likeness (QED) is 0.523. The highest BCUT2D eigenvalue weighted by Gasteiger charge is 2.59. The van der Waals surface area contributed by atoms with Gasteiger partial charge >= 0.3 is 0 Å². The maximum Gasteiger partial charge on any atom is 0.286 e. The maximum atomic E-state index is 15.5. The number of amides is 4. The highest BCUT2D eigenvalue weighted by Crippen LogP contribution is 2.38. The first kappa shape index (κ1) is 18.8. The molecule has 0 spiro atoms. The first-order valence-electron chi connectivity index (χ1n) is 8.85. The number of anilines is 1. The van der Waals surface area contributed by atoms with E-state index in [9.17, 15) is 24.3 Å². The van der Waals surface area contributed by atoms with Crippen LogP contribution in [-0.4, -0.2) is 45.5 Å². The van der Waals surface area contributed by atoms with Gasteiger partial charge in [-0.25, -0.2) is 9.29 Å². The summed E-state index contributed by atoms with van der Waals surface area (Å²) in [5, 5.41) is 14.4. The van der Waals surface area contributed by atoms with Crippen molar-refractivity contribution in [3.8, 4) is 0 Å². The van der Waals surface area contributed by atoms with E-state index >= 15 is 4.39 Å². The molecule has 2 aromatic rings. The SMILES string of the molecule is O=C1NC(=O)C(F)(N2C(=O)c3cccc(NCc4ccccc4)c3C2=O)CC1O. The van der Waals surface area contributed by atoms with Crippen LogP contribution in [0.1, 0.15) is 32.7 Å². The Kier molecular flexibility index (Phi) is 4.39. The standard InChI is InChI=1S/C20H16FN3O5/c21-20(9-14(25)16(26)23-19(20)29)24-17(27)12-7-4-8-13(15(12)18(24)28)22-10-11-5-2-1-3-6-11/h1-8,14,22,25H,9-10H2,(H,23,26,29). The second-order valence-corrected chi connectivity index (χ2v) is 6.81. The number of hydrogen-bond acceptors (Lipinski definition) is 6. The molecule has 0 bridgehead atoms. The van der Waals surface area contributed by atoms with Crippen molar-refractivity contribution in [2.45, 2.75) is 24.9 Å². The van der Waals surface area contributed by atoms with Gasteiger partial charge in [0, 0.05) is 18.7 Å². The molecule has 8 nitrogen and oxygen atoms in total. The molecule has 9 heteroatoms. The summed E-state index contributed by atoms with van der Waals surface area (Å²) in [6, 6.07) is 13.8. The van der Waals surface area contributed by atoms with Gasteiger partial charge in [0.15, 0.2) is 0 Å². The zero-order chi connectivity index (χ0) is 20.8. The monoisotopic (exact) mass is 397 g/mol. The lowest BCUT2D eigenvalue weighted by molar-refractivity contribution is -0.160. The summed E-state index contributed by atoms with van der Waals surface area (Å²) in [7, 11) is 0. The predicted octanol–water partition coefficient (Wildman–Crippen LogP) is 0.968.